The topological polar surface area (TPSA) is 84.2 Å². The molecule has 0 saturated carbocycles. The molecule has 1 aromatic heterocycles. The first-order valence-corrected chi connectivity index (χ1v) is 10.1. The number of H-pyrrole nitrogens is 1. The van der Waals surface area contributed by atoms with E-state index in [9.17, 15) is 4.79 Å². The summed E-state index contributed by atoms with van der Waals surface area (Å²) in [5.74, 6) is 0.247. The Morgan fingerprint density at radius 2 is 1.86 bits per heavy atom. The molecule has 6 heteroatoms. The number of aromatic nitrogens is 2. The van der Waals surface area contributed by atoms with Gasteiger partial charge in [-0.15, -0.1) is 0 Å². The number of imidazole rings is 1. The lowest BCUT2D eigenvalue weighted by Gasteiger charge is -2.26. The number of nitrogens with one attached hydrogen (secondary N) is 1. The molecular weight excluding hydrogens is 364 g/mol. The van der Waals surface area contributed by atoms with Gasteiger partial charge in [0.2, 0.25) is 5.91 Å². The van der Waals surface area contributed by atoms with Gasteiger partial charge >= 0.3 is 0 Å². The molecule has 1 fully saturated rings. The summed E-state index contributed by atoms with van der Waals surface area (Å²) in [7, 11) is 0. The number of hydrogen-bond donors (Lipinski definition) is 2. The number of carbonyl (C=O) groups is 1. The van der Waals surface area contributed by atoms with Gasteiger partial charge in [0.15, 0.2) is 0 Å². The normalized spacial score (nSPS) is 14.6. The summed E-state index contributed by atoms with van der Waals surface area (Å²) in [4.78, 5) is 22.0. The van der Waals surface area contributed by atoms with E-state index in [1.807, 2.05) is 36.4 Å². The second-order valence-corrected chi connectivity index (χ2v) is 7.30. The lowest BCUT2D eigenvalue weighted by Crippen LogP contribution is -2.33. The number of nitrogens with zero attached hydrogens (tertiary/aromatic N) is 2. The van der Waals surface area contributed by atoms with Gasteiger partial charge in [-0.1, -0.05) is 36.8 Å². The second-order valence-electron chi connectivity index (χ2n) is 7.30. The number of carbonyl (C=O) groups excluding carboxylic acids is 1. The predicted molar refractivity (Wildman–Crippen MR) is 114 cm³/mol. The van der Waals surface area contributed by atoms with E-state index in [4.69, 9.17) is 10.5 Å². The Labute approximate surface area is 170 Å². The van der Waals surface area contributed by atoms with Crippen LogP contribution in [-0.2, 0) is 0 Å². The maximum Gasteiger partial charge on any atom is 0.249 e. The van der Waals surface area contributed by atoms with Crippen LogP contribution in [0.3, 0.4) is 0 Å². The minimum Gasteiger partial charge on any atom is -0.492 e. The fourth-order valence-electron chi connectivity index (χ4n) is 3.93. The molecule has 4 rings (SSSR count). The maximum atomic E-state index is 12.2. The minimum absolute atomic E-state index is 0.430. The van der Waals surface area contributed by atoms with Crippen LogP contribution in [-0.4, -0.2) is 47.0 Å². The summed E-state index contributed by atoms with van der Waals surface area (Å²) in [5.41, 5.74) is 9.28. The van der Waals surface area contributed by atoms with Crippen LogP contribution in [0.2, 0.25) is 0 Å². The molecule has 29 heavy (non-hydrogen) atoms. The summed E-state index contributed by atoms with van der Waals surface area (Å²) in [6.07, 6.45) is 7.19. The van der Waals surface area contributed by atoms with Gasteiger partial charge in [-0.2, -0.15) is 0 Å². The zero-order chi connectivity index (χ0) is 20.1. The molecule has 2 aromatic carbocycles. The number of rotatable bonds is 7. The van der Waals surface area contributed by atoms with Gasteiger partial charge in [0, 0.05) is 29.4 Å². The van der Waals surface area contributed by atoms with Crippen molar-refractivity contribution in [3.63, 3.8) is 0 Å². The van der Waals surface area contributed by atoms with Crippen molar-refractivity contribution in [3.05, 3.63) is 60.6 Å². The average Bonchev–Trinajstić information content (AvgIpc) is 3.29. The first-order valence-electron chi connectivity index (χ1n) is 10.1. The van der Waals surface area contributed by atoms with Crippen molar-refractivity contribution >= 4 is 5.91 Å². The molecule has 3 N–H and O–H groups in total. The Morgan fingerprint density at radius 3 is 2.55 bits per heavy atom. The molecule has 1 aliphatic rings. The van der Waals surface area contributed by atoms with Gasteiger partial charge in [-0.05, 0) is 43.6 Å². The van der Waals surface area contributed by atoms with Gasteiger partial charge in [-0.3, -0.25) is 9.69 Å². The van der Waals surface area contributed by atoms with Gasteiger partial charge in [0.05, 0.1) is 12.0 Å². The fraction of sp³-hybridized carbons (Fsp3) is 0.304. The minimum atomic E-state index is -0.486. The average molecular weight is 390 g/mol. The van der Waals surface area contributed by atoms with Crippen LogP contribution in [0.1, 0.15) is 29.6 Å². The van der Waals surface area contributed by atoms with Crippen molar-refractivity contribution in [3.8, 4) is 28.1 Å². The number of ether oxygens (including phenoxy) is 1. The molecule has 0 bridgehead atoms. The lowest BCUT2D eigenvalue weighted by molar-refractivity contribution is 0.100. The Kier molecular flexibility index (Phi) is 5.91. The van der Waals surface area contributed by atoms with Gasteiger partial charge in [0.25, 0.3) is 0 Å². The highest BCUT2D eigenvalue weighted by molar-refractivity contribution is 6.04. The lowest BCUT2D eigenvalue weighted by atomic mass is 9.92. The van der Waals surface area contributed by atoms with E-state index >= 15 is 0 Å². The molecule has 150 valence electrons. The van der Waals surface area contributed by atoms with Crippen molar-refractivity contribution in [1.82, 2.24) is 14.9 Å². The fourth-order valence-corrected chi connectivity index (χ4v) is 3.93. The SMILES string of the molecule is NC(=O)c1ccc(OCCN2CCCCC2)c(-c2ccccc2)c1-c1c[nH]cn1. The van der Waals surface area contributed by atoms with E-state index in [-0.39, 0.29) is 0 Å². The highest BCUT2D eigenvalue weighted by Gasteiger charge is 2.22. The van der Waals surface area contributed by atoms with Crippen LogP contribution in [0, 0.1) is 0 Å². The number of primary amides is 1. The van der Waals surface area contributed by atoms with Gasteiger partial charge in [0.1, 0.15) is 12.4 Å². The Morgan fingerprint density at radius 1 is 1.07 bits per heavy atom. The highest BCUT2D eigenvalue weighted by atomic mass is 16.5. The molecule has 1 amide bonds. The molecule has 0 spiro atoms. The second kappa shape index (κ2) is 8.92. The first kappa shape index (κ1) is 19.2. The van der Waals surface area contributed by atoms with Crippen molar-refractivity contribution in [2.24, 2.45) is 5.73 Å². The van der Waals surface area contributed by atoms with E-state index in [0.29, 0.717) is 23.4 Å². The van der Waals surface area contributed by atoms with Crippen LogP contribution in [0.5, 0.6) is 5.75 Å². The summed E-state index contributed by atoms with van der Waals surface area (Å²) < 4.78 is 6.24. The summed E-state index contributed by atoms with van der Waals surface area (Å²) in [6, 6.07) is 13.5. The number of hydrogen-bond acceptors (Lipinski definition) is 4. The Balaban J connectivity index is 1.72. The van der Waals surface area contributed by atoms with E-state index in [1.165, 1.54) is 19.3 Å². The molecule has 1 aliphatic heterocycles. The molecular formula is C23H26N4O2. The monoisotopic (exact) mass is 390 g/mol. The quantitative estimate of drug-likeness (QED) is 0.644. The van der Waals surface area contributed by atoms with Crippen LogP contribution in [0.25, 0.3) is 22.4 Å². The zero-order valence-corrected chi connectivity index (χ0v) is 16.4. The Bertz CT molecular complexity index is 949. The number of likely N-dealkylation sites (tertiary alicyclic amines) is 1. The third-order valence-corrected chi connectivity index (χ3v) is 5.36. The van der Waals surface area contributed by atoms with Crippen molar-refractivity contribution < 1.29 is 9.53 Å². The van der Waals surface area contributed by atoms with Crippen LogP contribution in [0.15, 0.2) is 55.0 Å². The highest BCUT2D eigenvalue weighted by Crippen LogP contribution is 2.40. The largest absolute Gasteiger partial charge is 0.492 e. The van der Waals surface area contributed by atoms with E-state index in [0.717, 1.165) is 36.5 Å². The number of piperidine rings is 1. The Hall–Kier alpha value is -3.12. The standard InChI is InChI=1S/C23H26N4O2/c24-23(28)18-9-10-20(29-14-13-27-11-5-2-6-12-27)21(17-7-3-1-4-8-17)22(18)19-15-25-16-26-19/h1,3-4,7-10,15-16H,2,5-6,11-14H2,(H2,24,28)(H,25,26). The molecule has 0 radical (unpaired) electrons. The molecule has 3 aromatic rings. The molecule has 0 unspecified atom stereocenters. The number of aromatic amines is 1. The predicted octanol–water partition coefficient (Wildman–Crippen LogP) is 3.71. The van der Waals surface area contributed by atoms with Crippen molar-refractivity contribution in [1.29, 1.82) is 0 Å². The third-order valence-electron chi connectivity index (χ3n) is 5.36. The number of amides is 1. The van der Waals surface area contributed by atoms with E-state index in [2.05, 4.69) is 14.9 Å². The number of nitrogens with two attached hydrogens (primary N) is 1. The zero-order valence-electron chi connectivity index (χ0n) is 16.4. The molecule has 1 saturated heterocycles. The summed E-state index contributed by atoms with van der Waals surface area (Å²) >= 11 is 0. The molecule has 0 atom stereocenters. The van der Waals surface area contributed by atoms with E-state index in [1.54, 1.807) is 18.6 Å². The summed E-state index contributed by atoms with van der Waals surface area (Å²) in [6.45, 7) is 3.75. The number of benzene rings is 2. The maximum absolute atomic E-state index is 12.2. The van der Waals surface area contributed by atoms with Crippen LogP contribution in [0.4, 0.5) is 0 Å². The molecule has 2 heterocycles. The van der Waals surface area contributed by atoms with Crippen molar-refractivity contribution in [2.75, 3.05) is 26.2 Å². The third kappa shape index (κ3) is 4.32. The summed E-state index contributed by atoms with van der Waals surface area (Å²) in [5, 5.41) is 0. The van der Waals surface area contributed by atoms with Crippen molar-refractivity contribution in [2.45, 2.75) is 19.3 Å². The van der Waals surface area contributed by atoms with Crippen LogP contribution < -0.4 is 10.5 Å². The first-order chi connectivity index (χ1) is 14.2. The smallest absolute Gasteiger partial charge is 0.249 e. The molecule has 6 nitrogen and oxygen atoms in total. The molecule has 0 aliphatic carbocycles. The van der Waals surface area contributed by atoms with Gasteiger partial charge < -0.3 is 15.5 Å². The van der Waals surface area contributed by atoms with E-state index < -0.39 is 5.91 Å². The van der Waals surface area contributed by atoms with Gasteiger partial charge in [-0.25, -0.2) is 4.98 Å². The van der Waals surface area contributed by atoms with Crippen LogP contribution >= 0.6 is 0 Å².